The quantitative estimate of drug-likeness (QED) is 0.777. The number of hydrogen-bond donors (Lipinski definition) is 1. The van der Waals surface area contributed by atoms with Gasteiger partial charge in [-0.15, -0.1) is 11.3 Å². The number of aryl methyl sites for hydroxylation is 1. The van der Waals surface area contributed by atoms with Crippen LogP contribution >= 0.6 is 11.3 Å². The fraction of sp³-hybridized carbons (Fsp3) is 0.750. The monoisotopic (exact) mass is 224 g/mol. The zero-order valence-electron chi connectivity index (χ0n) is 9.46. The summed E-state index contributed by atoms with van der Waals surface area (Å²) < 4.78 is 0. The predicted octanol–water partition coefficient (Wildman–Crippen LogP) is 3.12. The van der Waals surface area contributed by atoms with E-state index in [0.717, 1.165) is 24.7 Å². The molecule has 0 amide bonds. The van der Waals surface area contributed by atoms with E-state index in [1.165, 1.54) is 37.1 Å². The standard InChI is InChI=1S/C12H20N2S/c1-10-9-15-12(14-10)8-13-7-6-11-4-2-3-5-11/h9,11,13H,2-8H2,1H3. The lowest BCUT2D eigenvalue weighted by atomic mass is 10.0. The fourth-order valence-electron chi connectivity index (χ4n) is 2.28. The summed E-state index contributed by atoms with van der Waals surface area (Å²) in [6, 6.07) is 0. The molecule has 0 radical (unpaired) electrons. The molecule has 0 unspecified atom stereocenters. The second-order valence-electron chi connectivity index (χ2n) is 4.50. The molecule has 0 spiro atoms. The molecule has 0 aliphatic heterocycles. The van der Waals surface area contributed by atoms with Crippen molar-refractivity contribution in [2.75, 3.05) is 6.54 Å². The van der Waals surface area contributed by atoms with E-state index in [2.05, 4.69) is 22.6 Å². The third-order valence-corrected chi connectivity index (χ3v) is 4.11. The van der Waals surface area contributed by atoms with Crippen molar-refractivity contribution in [2.24, 2.45) is 5.92 Å². The van der Waals surface area contributed by atoms with Crippen LogP contribution in [0.2, 0.25) is 0 Å². The highest BCUT2D eigenvalue weighted by molar-refractivity contribution is 7.09. The van der Waals surface area contributed by atoms with Crippen LogP contribution in [0.5, 0.6) is 0 Å². The van der Waals surface area contributed by atoms with E-state index >= 15 is 0 Å². The average Bonchev–Trinajstić information content (AvgIpc) is 2.84. The van der Waals surface area contributed by atoms with Gasteiger partial charge in [-0.1, -0.05) is 25.7 Å². The van der Waals surface area contributed by atoms with Crippen LogP contribution in [0.4, 0.5) is 0 Å². The van der Waals surface area contributed by atoms with E-state index in [4.69, 9.17) is 0 Å². The smallest absolute Gasteiger partial charge is 0.107 e. The Morgan fingerprint density at radius 3 is 2.93 bits per heavy atom. The van der Waals surface area contributed by atoms with E-state index < -0.39 is 0 Å². The first-order chi connectivity index (χ1) is 7.34. The van der Waals surface area contributed by atoms with Gasteiger partial charge in [0, 0.05) is 17.6 Å². The summed E-state index contributed by atoms with van der Waals surface area (Å²) in [5.74, 6) is 0.996. The minimum Gasteiger partial charge on any atom is -0.310 e. The molecular formula is C12H20N2S. The van der Waals surface area contributed by atoms with E-state index in [1.807, 2.05) is 0 Å². The van der Waals surface area contributed by atoms with Crippen molar-refractivity contribution in [3.63, 3.8) is 0 Å². The molecule has 3 heteroatoms. The normalized spacial score (nSPS) is 17.4. The molecule has 1 fully saturated rings. The Balaban J connectivity index is 1.58. The number of nitrogens with one attached hydrogen (secondary N) is 1. The molecule has 0 bridgehead atoms. The maximum Gasteiger partial charge on any atom is 0.107 e. The van der Waals surface area contributed by atoms with Crippen LogP contribution < -0.4 is 5.32 Å². The molecule has 2 nitrogen and oxygen atoms in total. The first-order valence-electron chi connectivity index (χ1n) is 5.96. The van der Waals surface area contributed by atoms with Crippen molar-refractivity contribution < 1.29 is 0 Å². The van der Waals surface area contributed by atoms with Crippen LogP contribution in [0.3, 0.4) is 0 Å². The Bertz CT molecular complexity index is 290. The maximum atomic E-state index is 4.44. The highest BCUT2D eigenvalue weighted by Gasteiger charge is 2.13. The molecule has 1 heterocycles. The number of rotatable bonds is 5. The van der Waals surface area contributed by atoms with Crippen molar-refractivity contribution >= 4 is 11.3 Å². The summed E-state index contributed by atoms with van der Waals surface area (Å²) in [5, 5.41) is 6.83. The summed E-state index contributed by atoms with van der Waals surface area (Å²) in [7, 11) is 0. The lowest BCUT2D eigenvalue weighted by Gasteiger charge is -2.08. The van der Waals surface area contributed by atoms with E-state index in [9.17, 15) is 0 Å². The van der Waals surface area contributed by atoms with Crippen LogP contribution in [-0.2, 0) is 6.54 Å². The van der Waals surface area contributed by atoms with E-state index in [1.54, 1.807) is 11.3 Å². The molecule has 1 aromatic heterocycles. The minimum absolute atomic E-state index is 0.950. The lowest BCUT2D eigenvalue weighted by Crippen LogP contribution is -2.16. The summed E-state index contributed by atoms with van der Waals surface area (Å²) in [6.07, 6.45) is 7.17. The van der Waals surface area contributed by atoms with Crippen LogP contribution in [0.15, 0.2) is 5.38 Å². The molecule has 15 heavy (non-hydrogen) atoms. The topological polar surface area (TPSA) is 24.9 Å². The SMILES string of the molecule is Cc1csc(CNCCC2CCCC2)n1. The zero-order chi connectivity index (χ0) is 10.5. The molecule has 1 aliphatic carbocycles. The van der Waals surface area contributed by atoms with Gasteiger partial charge in [0.1, 0.15) is 5.01 Å². The van der Waals surface area contributed by atoms with Gasteiger partial charge in [-0.2, -0.15) is 0 Å². The van der Waals surface area contributed by atoms with Gasteiger partial charge >= 0.3 is 0 Å². The minimum atomic E-state index is 0.950. The van der Waals surface area contributed by atoms with Gasteiger partial charge in [-0.25, -0.2) is 4.98 Å². The Hall–Kier alpha value is -0.410. The lowest BCUT2D eigenvalue weighted by molar-refractivity contribution is 0.477. The molecule has 0 saturated heterocycles. The van der Waals surface area contributed by atoms with Crippen LogP contribution in [0, 0.1) is 12.8 Å². The van der Waals surface area contributed by atoms with Gasteiger partial charge in [-0.3, -0.25) is 0 Å². The number of hydrogen-bond acceptors (Lipinski definition) is 3. The fourth-order valence-corrected chi connectivity index (χ4v) is 3.03. The van der Waals surface area contributed by atoms with Crippen molar-refractivity contribution in [2.45, 2.75) is 45.6 Å². The molecule has 2 rings (SSSR count). The molecule has 0 atom stereocenters. The molecule has 0 aromatic carbocycles. The van der Waals surface area contributed by atoms with Gasteiger partial charge in [-0.05, 0) is 25.8 Å². The van der Waals surface area contributed by atoms with E-state index in [-0.39, 0.29) is 0 Å². The third-order valence-electron chi connectivity index (χ3n) is 3.15. The van der Waals surface area contributed by atoms with Crippen LogP contribution in [0.25, 0.3) is 0 Å². The molecule has 1 N–H and O–H groups in total. The predicted molar refractivity (Wildman–Crippen MR) is 65.1 cm³/mol. The number of aromatic nitrogens is 1. The molecule has 1 saturated carbocycles. The van der Waals surface area contributed by atoms with Crippen molar-refractivity contribution in [1.82, 2.24) is 10.3 Å². The summed E-state index contributed by atoms with van der Waals surface area (Å²) >= 11 is 1.76. The van der Waals surface area contributed by atoms with Gasteiger partial charge in [0.25, 0.3) is 0 Å². The molecular weight excluding hydrogens is 204 g/mol. The highest BCUT2D eigenvalue weighted by atomic mass is 32.1. The molecule has 84 valence electrons. The van der Waals surface area contributed by atoms with Crippen molar-refractivity contribution in [1.29, 1.82) is 0 Å². The van der Waals surface area contributed by atoms with Gasteiger partial charge < -0.3 is 5.32 Å². The van der Waals surface area contributed by atoms with Crippen LogP contribution in [0.1, 0.15) is 42.8 Å². The second kappa shape index (κ2) is 5.61. The van der Waals surface area contributed by atoms with Crippen molar-refractivity contribution in [3.05, 3.63) is 16.1 Å². The Kier molecular flexibility index (Phi) is 4.15. The molecule has 1 aromatic rings. The first-order valence-corrected chi connectivity index (χ1v) is 6.84. The van der Waals surface area contributed by atoms with E-state index in [0.29, 0.717) is 0 Å². The van der Waals surface area contributed by atoms with Gasteiger partial charge in [0.2, 0.25) is 0 Å². The largest absolute Gasteiger partial charge is 0.310 e. The molecule has 1 aliphatic rings. The second-order valence-corrected chi connectivity index (χ2v) is 5.44. The van der Waals surface area contributed by atoms with Gasteiger partial charge in [0.15, 0.2) is 0 Å². The van der Waals surface area contributed by atoms with Crippen LogP contribution in [-0.4, -0.2) is 11.5 Å². The zero-order valence-corrected chi connectivity index (χ0v) is 10.3. The summed E-state index contributed by atoms with van der Waals surface area (Å²) in [6.45, 7) is 4.16. The third kappa shape index (κ3) is 3.58. The van der Waals surface area contributed by atoms with Gasteiger partial charge in [0.05, 0.1) is 0 Å². The Labute approximate surface area is 96.1 Å². The maximum absolute atomic E-state index is 4.44. The van der Waals surface area contributed by atoms with Crippen molar-refractivity contribution in [3.8, 4) is 0 Å². The Morgan fingerprint density at radius 2 is 2.27 bits per heavy atom. The number of thiazole rings is 1. The summed E-state index contributed by atoms with van der Waals surface area (Å²) in [4.78, 5) is 4.44. The first kappa shape index (κ1) is 11.1. The highest BCUT2D eigenvalue weighted by Crippen LogP contribution is 2.26. The summed E-state index contributed by atoms with van der Waals surface area (Å²) in [5.41, 5.74) is 1.15. The number of nitrogens with zero attached hydrogens (tertiary/aromatic N) is 1. The Morgan fingerprint density at radius 1 is 1.47 bits per heavy atom. The average molecular weight is 224 g/mol.